The van der Waals surface area contributed by atoms with Gasteiger partial charge in [-0.05, 0) is 12.8 Å². The van der Waals surface area contributed by atoms with E-state index in [1.54, 1.807) is 0 Å². The van der Waals surface area contributed by atoms with Crippen molar-refractivity contribution in [2.24, 2.45) is 0 Å². The third kappa shape index (κ3) is 32.8. The Labute approximate surface area is 276 Å². The third-order valence-electron chi connectivity index (χ3n) is 9.62. The molecule has 0 aromatic heterocycles. The van der Waals surface area contributed by atoms with Crippen molar-refractivity contribution in [1.82, 2.24) is 5.32 Å². The Morgan fingerprint density at radius 3 is 1.02 bits per heavy atom. The lowest BCUT2D eigenvalue weighted by Crippen LogP contribution is -2.45. The fraction of sp³-hybridized carbons (Fsp3) is 0.975. The molecule has 0 radical (unpaired) electrons. The van der Waals surface area contributed by atoms with Crippen LogP contribution in [0.4, 0.5) is 0 Å². The van der Waals surface area contributed by atoms with E-state index in [1.807, 2.05) is 0 Å². The first kappa shape index (κ1) is 43.4. The first-order chi connectivity index (χ1) is 21.7. The molecule has 4 heteroatoms. The van der Waals surface area contributed by atoms with Crippen LogP contribution in [0.15, 0.2) is 0 Å². The molecule has 4 nitrogen and oxygen atoms in total. The van der Waals surface area contributed by atoms with Gasteiger partial charge >= 0.3 is 0 Å². The topological polar surface area (TPSA) is 69.6 Å². The highest BCUT2D eigenvalue weighted by molar-refractivity contribution is 5.76. The molecule has 44 heavy (non-hydrogen) atoms. The van der Waals surface area contributed by atoms with E-state index in [2.05, 4.69) is 19.2 Å². The number of rotatable bonds is 37. The van der Waals surface area contributed by atoms with Crippen LogP contribution < -0.4 is 5.32 Å². The zero-order valence-corrected chi connectivity index (χ0v) is 30.2. The van der Waals surface area contributed by atoms with E-state index in [-0.39, 0.29) is 12.5 Å². The Morgan fingerprint density at radius 1 is 0.455 bits per heavy atom. The summed E-state index contributed by atoms with van der Waals surface area (Å²) < 4.78 is 0. The summed E-state index contributed by atoms with van der Waals surface area (Å²) in [5.74, 6) is -0.0308. The molecule has 2 atom stereocenters. The van der Waals surface area contributed by atoms with Crippen LogP contribution in [0, 0.1) is 0 Å². The average Bonchev–Trinajstić information content (AvgIpc) is 3.03. The summed E-state index contributed by atoms with van der Waals surface area (Å²) in [4.78, 5) is 12.3. The van der Waals surface area contributed by atoms with Gasteiger partial charge in [-0.2, -0.15) is 0 Å². The molecule has 0 saturated carbocycles. The monoisotopic (exact) mass is 624 g/mol. The third-order valence-corrected chi connectivity index (χ3v) is 9.62. The van der Waals surface area contributed by atoms with E-state index >= 15 is 0 Å². The van der Waals surface area contributed by atoms with Gasteiger partial charge in [0.1, 0.15) is 0 Å². The minimum absolute atomic E-state index is 0.0308. The SMILES string of the molecule is CCCCCCCCCCCCCCCCCCCCCCCCC(O)C(CO)NC(=O)CCCCCCCCCCCC. The zero-order valence-electron chi connectivity index (χ0n) is 30.2. The Hall–Kier alpha value is -0.610. The van der Waals surface area contributed by atoms with Crippen LogP contribution in [0.5, 0.6) is 0 Å². The van der Waals surface area contributed by atoms with Crippen LogP contribution >= 0.6 is 0 Å². The molecule has 0 heterocycles. The molecule has 0 saturated heterocycles. The number of unbranched alkanes of at least 4 members (excludes halogenated alkanes) is 30. The summed E-state index contributed by atoms with van der Waals surface area (Å²) in [6.07, 6.45) is 43.2. The molecule has 0 aromatic carbocycles. The van der Waals surface area contributed by atoms with E-state index in [0.717, 1.165) is 25.7 Å². The second-order valence-electron chi connectivity index (χ2n) is 14.1. The molecule has 0 aromatic rings. The highest BCUT2D eigenvalue weighted by Crippen LogP contribution is 2.16. The summed E-state index contributed by atoms with van der Waals surface area (Å²) in [6, 6.07) is -0.527. The Kier molecular flexibility index (Phi) is 36.3. The molecule has 0 fully saturated rings. The van der Waals surface area contributed by atoms with Crippen molar-refractivity contribution in [1.29, 1.82) is 0 Å². The van der Waals surface area contributed by atoms with E-state index < -0.39 is 12.1 Å². The average molecular weight is 624 g/mol. The Bertz CT molecular complexity index is 555. The second kappa shape index (κ2) is 36.9. The van der Waals surface area contributed by atoms with Gasteiger partial charge < -0.3 is 15.5 Å². The Morgan fingerprint density at radius 2 is 0.727 bits per heavy atom. The lowest BCUT2D eigenvalue weighted by Gasteiger charge is -2.22. The number of hydrogen-bond acceptors (Lipinski definition) is 3. The summed E-state index contributed by atoms with van der Waals surface area (Å²) in [5, 5.41) is 23.1. The van der Waals surface area contributed by atoms with Gasteiger partial charge in [0, 0.05) is 6.42 Å². The van der Waals surface area contributed by atoms with E-state index in [1.165, 1.54) is 180 Å². The summed E-state index contributed by atoms with van der Waals surface area (Å²) >= 11 is 0. The number of carbonyl (C=O) groups excluding carboxylic acids is 1. The molecule has 2 unspecified atom stereocenters. The van der Waals surface area contributed by atoms with Gasteiger partial charge in [0.2, 0.25) is 5.91 Å². The van der Waals surface area contributed by atoms with Gasteiger partial charge in [-0.3, -0.25) is 4.79 Å². The quantitative estimate of drug-likeness (QED) is 0.0603. The number of nitrogens with one attached hydrogen (secondary N) is 1. The van der Waals surface area contributed by atoms with Gasteiger partial charge in [0.15, 0.2) is 0 Å². The molecule has 0 rings (SSSR count). The molecule has 264 valence electrons. The fourth-order valence-corrected chi connectivity index (χ4v) is 6.48. The van der Waals surface area contributed by atoms with Crippen molar-refractivity contribution in [2.45, 2.75) is 244 Å². The molecule has 0 aliphatic rings. The number of carbonyl (C=O) groups is 1. The second-order valence-corrected chi connectivity index (χ2v) is 14.1. The molecule has 0 aliphatic heterocycles. The van der Waals surface area contributed by atoms with Crippen molar-refractivity contribution in [3.63, 3.8) is 0 Å². The van der Waals surface area contributed by atoms with Crippen LogP contribution in [0.25, 0.3) is 0 Å². The van der Waals surface area contributed by atoms with Crippen molar-refractivity contribution in [2.75, 3.05) is 6.61 Å². The van der Waals surface area contributed by atoms with Gasteiger partial charge in [-0.15, -0.1) is 0 Å². The molecule has 1 amide bonds. The summed E-state index contributed by atoms with van der Waals surface area (Å²) in [5.41, 5.74) is 0. The Balaban J connectivity index is 3.44. The molecule has 0 bridgehead atoms. The standard InChI is InChI=1S/C40H81NO3/c1-3-5-7-9-11-13-15-16-17-18-19-20-21-22-23-24-25-26-27-29-31-33-35-39(43)38(37-42)41-40(44)36-34-32-30-28-14-12-10-8-6-4-2/h38-39,42-43H,3-37H2,1-2H3,(H,41,44). The smallest absolute Gasteiger partial charge is 0.220 e. The van der Waals surface area contributed by atoms with Crippen LogP contribution in [-0.4, -0.2) is 34.9 Å². The summed E-state index contributed by atoms with van der Waals surface area (Å²) in [7, 11) is 0. The van der Waals surface area contributed by atoms with Crippen molar-refractivity contribution in [3.05, 3.63) is 0 Å². The first-order valence-electron chi connectivity index (χ1n) is 20.2. The van der Waals surface area contributed by atoms with Gasteiger partial charge in [-0.25, -0.2) is 0 Å². The lowest BCUT2D eigenvalue weighted by molar-refractivity contribution is -0.123. The maximum Gasteiger partial charge on any atom is 0.220 e. The van der Waals surface area contributed by atoms with Crippen LogP contribution in [0.1, 0.15) is 232 Å². The lowest BCUT2D eigenvalue weighted by atomic mass is 10.0. The zero-order chi connectivity index (χ0) is 32.2. The fourth-order valence-electron chi connectivity index (χ4n) is 6.48. The van der Waals surface area contributed by atoms with Crippen LogP contribution in [0.2, 0.25) is 0 Å². The molecule has 0 aliphatic carbocycles. The number of aliphatic hydroxyl groups is 2. The highest BCUT2D eigenvalue weighted by atomic mass is 16.3. The first-order valence-corrected chi connectivity index (χ1v) is 20.2. The molecule has 0 spiro atoms. The van der Waals surface area contributed by atoms with Gasteiger partial charge in [0.05, 0.1) is 18.8 Å². The minimum Gasteiger partial charge on any atom is -0.394 e. The van der Waals surface area contributed by atoms with Crippen molar-refractivity contribution < 1.29 is 15.0 Å². The normalized spacial score (nSPS) is 12.9. The highest BCUT2D eigenvalue weighted by Gasteiger charge is 2.19. The van der Waals surface area contributed by atoms with Gasteiger partial charge in [0.25, 0.3) is 0 Å². The van der Waals surface area contributed by atoms with Crippen molar-refractivity contribution >= 4 is 5.91 Å². The van der Waals surface area contributed by atoms with Crippen molar-refractivity contribution in [3.8, 4) is 0 Å². The maximum absolute atomic E-state index is 12.3. The van der Waals surface area contributed by atoms with Crippen LogP contribution in [0.3, 0.4) is 0 Å². The number of aliphatic hydroxyl groups excluding tert-OH is 2. The predicted octanol–water partition coefficient (Wildman–Crippen LogP) is 12.1. The maximum atomic E-state index is 12.3. The van der Waals surface area contributed by atoms with E-state index in [0.29, 0.717) is 12.8 Å². The molecule has 3 N–H and O–H groups in total. The van der Waals surface area contributed by atoms with E-state index in [4.69, 9.17) is 0 Å². The summed E-state index contributed by atoms with van der Waals surface area (Å²) in [6.45, 7) is 4.36. The van der Waals surface area contributed by atoms with Crippen LogP contribution in [-0.2, 0) is 4.79 Å². The molecular formula is C40H81NO3. The van der Waals surface area contributed by atoms with Gasteiger partial charge in [-0.1, -0.05) is 213 Å². The predicted molar refractivity (Wildman–Crippen MR) is 193 cm³/mol. The largest absolute Gasteiger partial charge is 0.394 e. The van der Waals surface area contributed by atoms with E-state index in [9.17, 15) is 15.0 Å². The number of hydrogen-bond donors (Lipinski definition) is 3. The minimum atomic E-state index is -0.651. The number of amides is 1. The molecular weight excluding hydrogens is 542 g/mol.